The summed E-state index contributed by atoms with van der Waals surface area (Å²) in [6, 6.07) is 4.18. The van der Waals surface area contributed by atoms with E-state index in [-0.39, 0.29) is 23.6 Å². The molecule has 2 unspecified atom stereocenters. The fraction of sp³-hybridized carbons (Fsp3) is 0.500. The summed E-state index contributed by atoms with van der Waals surface area (Å²) < 4.78 is 0. The summed E-state index contributed by atoms with van der Waals surface area (Å²) in [6.07, 6.45) is 0. The molecule has 0 aromatic heterocycles. The largest absolute Gasteiger partial charge is 0.502 e. The van der Waals surface area contributed by atoms with E-state index in [2.05, 4.69) is 4.90 Å². The average Bonchev–Trinajstić information content (AvgIpc) is 2.42. The standard InChI is InChI=1S/C14H19N3O4/c1-9-7-16(8-10(2)15(9)3)14(19)11-4-5-12(17(20)21)13(18)6-11/h4-6,9-10,18H,7-8H2,1-3H3. The maximum Gasteiger partial charge on any atom is 0.310 e. The van der Waals surface area contributed by atoms with Gasteiger partial charge in [-0.3, -0.25) is 19.8 Å². The third-order valence-electron chi connectivity index (χ3n) is 4.07. The molecule has 0 aliphatic carbocycles. The zero-order valence-corrected chi connectivity index (χ0v) is 12.3. The minimum absolute atomic E-state index is 0.216. The molecule has 7 nitrogen and oxygen atoms in total. The van der Waals surface area contributed by atoms with E-state index in [0.717, 1.165) is 12.1 Å². The third-order valence-corrected chi connectivity index (χ3v) is 4.07. The van der Waals surface area contributed by atoms with Gasteiger partial charge in [0.2, 0.25) is 0 Å². The summed E-state index contributed by atoms with van der Waals surface area (Å²) in [5, 5.41) is 20.3. The maximum atomic E-state index is 12.5. The molecule has 1 aliphatic heterocycles. The molecule has 1 aliphatic rings. The second-order valence-electron chi connectivity index (χ2n) is 5.53. The van der Waals surface area contributed by atoms with Crippen molar-refractivity contribution in [3.8, 4) is 5.75 Å². The highest BCUT2D eigenvalue weighted by Crippen LogP contribution is 2.27. The highest BCUT2D eigenvalue weighted by Gasteiger charge is 2.30. The normalized spacial score (nSPS) is 23.1. The number of likely N-dealkylation sites (N-methyl/N-ethyl adjacent to an activating group) is 1. The van der Waals surface area contributed by atoms with E-state index in [4.69, 9.17) is 0 Å². The molecule has 7 heteroatoms. The molecular weight excluding hydrogens is 274 g/mol. The number of piperazine rings is 1. The van der Waals surface area contributed by atoms with Gasteiger partial charge in [0.15, 0.2) is 5.75 Å². The topological polar surface area (TPSA) is 86.9 Å². The lowest BCUT2D eigenvalue weighted by atomic mass is 10.1. The number of phenols is 1. The van der Waals surface area contributed by atoms with Crippen LogP contribution in [0.15, 0.2) is 18.2 Å². The van der Waals surface area contributed by atoms with Gasteiger partial charge in [0.1, 0.15) is 0 Å². The predicted octanol–water partition coefficient (Wildman–Crippen LogP) is 1.47. The van der Waals surface area contributed by atoms with Gasteiger partial charge in [0.05, 0.1) is 4.92 Å². The van der Waals surface area contributed by atoms with Crippen LogP contribution in [0.2, 0.25) is 0 Å². The Labute approximate surface area is 122 Å². The lowest BCUT2D eigenvalue weighted by molar-refractivity contribution is -0.385. The van der Waals surface area contributed by atoms with Crippen LogP contribution in [0.4, 0.5) is 5.69 Å². The highest BCUT2D eigenvalue weighted by atomic mass is 16.6. The number of nitro groups is 1. The molecule has 1 amide bonds. The quantitative estimate of drug-likeness (QED) is 0.659. The zero-order valence-electron chi connectivity index (χ0n) is 12.3. The summed E-state index contributed by atoms with van der Waals surface area (Å²) in [5.74, 6) is -0.701. The first kappa shape index (κ1) is 15.2. The minimum atomic E-state index is -0.677. The Morgan fingerprint density at radius 3 is 2.38 bits per heavy atom. The smallest absolute Gasteiger partial charge is 0.310 e. The molecule has 114 valence electrons. The van der Waals surface area contributed by atoms with Gasteiger partial charge < -0.3 is 10.0 Å². The summed E-state index contributed by atoms with van der Waals surface area (Å²) in [4.78, 5) is 26.4. The van der Waals surface area contributed by atoms with Crippen LogP contribution in [0.5, 0.6) is 5.75 Å². The monoisotopic (exact) mass is 293 g/mol. The van der Waals surface area contributed by atoms with Gasteiger partial charge in [-0.25, -0.2) is 0 Å². The van der Waals surface area contributed by atoms with Gasteiger partial charge >= 0.3 is 5.69 Å². The van der Waals surface area contributed by atoms with Crippen molar-refractivity contribution >= 4 is 11.6 Å². The molecule has 1 aromatic rings. The average molecular weight is 293 g/mol. The number of nitro benzene ring substituents is 1. The lowest BCUT2D eigenvalue weighted by Gasteiger charge is -2.42. The van der Waals surface area contributed by atoms with E-state index in [9.17, 15) is 20.0 Å². The fourth-order valence-corrected chi connectivity index (χ4v) is 2.56. The van der Waals surface area contributed by atoms with Crippen molar-refractivity contribution in [3.05, 3.63) is 33.9 Å². The van der Waals surface area contributed by atoms with Gasteiger partial charge in [-0.15, -0.1) is 0 Å². The first-order valence-corrected chi connectivity index (χ1v) is 6.80. The fourth-order valence-electron chi connectivity index (χ4n) is 2.56. The molecule has 2 rings (SSSR count). The van der Waals surface area contributed by atoms with Crippen LogP contribution in [0, 0.1) is 10.1 Å². The summed E-state index contributed by atoms with van der Waals surface area (Å²) in [6.45, 7) is 5.28. The van der Waals surface area contributed by atoms with Crippen molar-refractivity contribution in [1.29, 1.82) is 0 Å². The number of hydrogen-bond acceptors (Lipinski definition) is 5. The molecule has 1 fully saturated rings. The molecule has 0 saturated carbocycles. The van der Waals surface area contributed by atoms with Gasteiger partial charge in [-0.05, 0) is 33.0 Å². The zero-order chi connectivity index (χ0) is 15.7. The van der Waals surface area contributed by atoms with Crippen molar-refractivity contribution in [2.45, 2.75) is 25.9 Å². The number of amides is 1. The molecular formula is C14H19N3O4. The molecule has 2 atom stereocenters. The molecule has 21 heavy (non-hydrogen) atoms. The number of carbonyl (C=O) groups excluding carboxylic acids is 1. The van der Waals surface area contributed by atoms with Crippen molar-refractivity contribution in [3.63, 3.8) is 0 Å². The Hall–Kier alpha value is -2.15. The Balaban J connectivity index is 2.21. The van der Waals surface area contributed by atoms with E-state index in [1.807, 2.05) is 20.9 Å². The van der Waals surface area contributed by atoms with Crippen LogP contribution in [-0.2, 0) is 0 Å². The molecule has 0 spiro atoms. The number of carbonyl (C=O) groups is 1. The number of rotatable bonds is 2. The van der Waals surface area contributed by atoms with Crippen molar-refractivity contribution < 1.29 is 14.8 Å². The van der Waals surface area contributed by atoms with Crippen molar-refractivity contribution in [2.24, 2.45) is 0 Å². The minimum Gasteiger partial charge on any atom is -0.502 e. The second kappa shape index (κ2) is 5.69. The van der Waals surface area contributed by atoms with Gasteiger partial charge in [-0.2, -0.15) is 0 Å². The van der Waals surface area contributed by atoms with Crippen LogP contribution in [0.3, 0.4) is 0 Å². The molecule has 1 heterocycles. The highest BCUT2D eigenvalue weighted by molar-refractivity contribution is 5.95. The molecule has 1 N–H and O–H groups in total. The second-order valence-corrected chi connectivity index (χ2v) is 5.53. The summed E-state index contributed by atoms with van der Waals surface area (Å²) in [5.41, 5.74) is -0.131. The van der Waals surface area contributed by atoms with Gasteiger partial charge in [0.25, 0.3) is 5.91 Å². The summed E-state index contributed by atoms with van der Waals surface area (Å²) >= 11 is 0. The number of phenolic OH excluding ortho intramolecular Hbond substituents is 1. The molecule has 1 aromatic carbocycles. The van der Waals surface area contributed by atoms with E-state index in [0.29, 0.717) is 13.1 Å². The number of benzene rings is 1. The first-order chi connectivity index (χ1) is 9.81. The third kappa shape index (κ3) is 2.97. The van der Waals surface area contributed by atoms with Crippen LogP contribution in [-0.4, -0.2) is 58.0 Å². The SMILES string of the molecule is CC1CN(C(=O)c2ccc([N+](=O)[O-])c(O)c2)CC(C)N1C. The Kier molecular flexibility index (Phi) is 4.13. The maximum absolute atomic E-state index is 12.5. The number of aromatic hydroxyl groups is 1. The molecule has 0 radical (unpaired) electrons. The van der Waals surface area contributed by atoms with Gasteiger partial charge in [-0.1, -0.05) is 0 Å². The predicted molar refractivity (Wildman–Crippen MR) is 77.4 cm³/mol. The number of nitrogens with zero attached hydrogens (tertiary/aromatic N) is 3. The van der Waals surface area contributed by atoms with Crippen LogP contribution in [0.1, 0.15) is 24.2 Å². The van der Waals surface area contributed by atoms with E-state index < -0.39 is 16.4 Å². The van der Waals surface area contributed by atoms with E-state index in [1.54, 1.807) is 4.90 Å². The first-order valence-electron chi connectivity index (χ1n) is 6.80. The summed E-state index contributed by atoms with van der Waals surface area (Å²) in [7, 11) is 2.02. The van der Waals surface area contributed by atoms with Crippen molar-refractivity contribution in [1.82, 2.24) is 9.80 Å². The molecule has 1 saturated heterocycles. The van der Waals surface area contributed by atoms with E-state index in [1.165, 1.54) is 6.07 Å². The Bertz CT molecular complexity index is 563. The Morgan fingerprint density at radius 2 is 1.90 bits per heavy atom. The van der Waals surface area contributed by atoms with Crippen LogP contribution >= 0.6 is 0 Å². The van der Waals surface area contributed by atoms with Gasteiger partial charge in [0, 0.05) is 36.8 Å². The number of hydrogen-bond donors (Lipinski definition) is 1. The van der Waals surface area contributed by atoms with E-state index >= 15 is 0 Å². The lowest BCUT2D eigenvalue weighted by Crippen LogP contribution is -2.56. The molecule has 0 bridgehead atoms. The van der Waals surface area contributed by atoms with Crippen LogP contribution < -0.4 is 0 Å². The Morgan fingerprint density at radius 1 is 1.33 bits per heavy atom. The van der Waals surface area contributed by atoms with Crippen LogP contribution in [0.25, 0.3) is 0 Å². The van der Waals surface area contributed by atoms with Crippen molar-refractivity contribution in [2.75, 3.05) is 20.1 Å².